The molecule has 3 aromatic carbocycles. The van der Waals surface area contributed by atoms with E-state index in [9.17, 15) is 4.79 Å². The fourth-order valence-electron chi connectivity index (χ4n) is 2.74. The molecule has 4 heteroatoms. The van der Waals surface area contributed by atoms with Crippen molar-refractivity contribution in [3.63, 3.8) is 0 Å². The fraction of sp³-hybridized carbons (Fsp3) is 0.0909. The number of carbonyl (C=O) groups is 1. The molecule has 0 saturated carbocycles. The monoisotopic (exact) mass is 343 g/mol. The molecule has 3 rings (SSSR count). The summed E-state index contributed by atoms with van der Waals surface area (Å²) in [6, 6.07) is 25.5. The number of carbonyl (C=O) groups excluding carboxylic acids is 1. The molecule has 4 nitrogen and oxygen atoms in total. The van der Waals surface area contributed by atoms with E-state index in [4.69, 9.17) is 11.1 Å². The zero-order chi connectivity index (χ0) is 18.4. The number of nitrogen functional groups attached to an aromatic ring is 1. The molecule has 0 fully saturated rings. The number of nitrogens with one attached hydrogen (secondary N) is 2. The highest BCUT2D eigenvalue weighted by Crippen LogP contribution is 2.20. The third-order valence-electron chi connectivity index (χ3n) is 4.15. The maximum Gasteiger partial charge on any atom is 0.224 e. The van der Waals surface area contributed by atoms with Gasteiger partial charge < -0.3 is 11.1 Å². The lowest BCUT2D eigenvalue weighted by Crippen LogP contribution is -2.24. The molecule has 0 bridgehead atoms. The van der Waals surface area contributed by atoms with Gasteiger partial charge >= 0.3 is 0 Å². The van der Waals surface area contributed by atoms with Gasteiger partial charge in [-0.1, -0.05) is 78.9 Å². The minimum Gasteiger partial charge on any atom is -0.384 e. The van der Waals surface area contributed by atoms with Gasteiger partial charge in [-0.3, -0.25) is 10.2 Å². The van der Waals surface area contributed by atoms with Crippen LogP contribution in [0.25, 0.3) is 11.1 Å². The van der Waals surface area contributed by atoms with Crippen molar-refractivity contribution in [2.75, 3.05) is 0 Å². The van der Waals surface area contributed by atoms with E-state index >= 15 is 0 Å². The second kappa shape index (κ2) is 8.12. The molecular weight excluding hydrogens is 322 g/mol. The molecule has 3 aromatic rings. The van der Waals surface area contributed by atoms with E-state index in [0.717, 1.165) is 22.3 Å². The predicted molar refractivity (Wildman–Crippen MR) is 105 cm³/mol. The molecule has 1 amide bonds. The molecule has 0 radical (unpaired) electrons. The third kappa shape index (κ3) is 4.57. The number of benzene rings is 3. The second-order valence-corrected chi connectivity index (χ2v) is 6.13. The molecule has 130 valence electrons. The SMILES string of the molecule is N=C(N)c1ccc(CNC(=O)Cc2cccc(-c3ccccc3)c2)cc1. The highest BCUT2D eigenvalue weighted by molar-refractivity contribution is 5.94. The van der Waals surface area contributed by atoms with E-state index in [2.05, 4.69) is 23.5 Å². The van der Waals surface area contributed by atoms with Gasteiger partial charge in [-0.25, -0.2) is 0 Å². The first-order valence-electron chi connectivity index (χ1n) is 8.46. The van der Waals surface area contributed by atoms with Crippen LogP contribution in [-0.2, 0) is 17.8 Å². The van der Waals surface area contributed by atoms with Crippen LogP contribution in [0.5, 0.6) is 0 Å². The van der Waals surface area contributed by atoms with Crippen LogP contribution < -0.4 is 11.1 Å². The van der Waals surface area contributed by atoms with Crippen molar-refractivity contribution in [3.8, 4) is 11.1 Å². The Bertz CT molecular complexity index is 902. The molecule has 0 atom stereocenters. The van der Waals surface area contributed by atoms with Gasteiger partial charge in [-0.05, 0) is 22.3 Å². The molecule has 0 spiro atoms. The highest BCUT2D eigenvalue weighted by Gasteiger charge is 2.05. The summed E-state index contributed by atoms with van der Waals surface area (Å²) >= 11 is 0. The molecule has 4 N–H and O–H groups in total. The van der Waals surface area contributed by atoms with Crippen molar-refractivity contribution in [2.45, 2.75) is 13.0 Å². The number of nitrogens with two attached hydrogens (primary N) is 1. The van der Waals surface area contributed by atoms with E-state index in [0.29, 0.717) is 18.5 Å². The Labute approximate surface area is 153 Å². The quantitative estimate of drug-likeness (QED) is 0.473. The largest absolute Gasteiger partial charge is 0.384 e. The van der Waals surface area contributed by atoms with Gasteiger partial charge in [0.2, 0.25) is 5.91 Å². The van der Waals surface area contributed by atoms with Crippen LogP contribution in [0.15, 0.2) is 78.9 Å². The van der Waals surface area contributed by atoms with Crippen molar-refractivity contribution < 1.29 is 4.79 Å². The van der Waals surface area contributed by atoms with Gasteiger partial charge in [0.25, 0.3) is 0 Å². The summed E-state index contributed by atoms with van der Waals surface area (Å²) in [4.78, 5) is 12.2. The summed E-state index contributed by atoms with van der Waals surface area (Å²) in [7, 11) is 0. The van der Waals surface area contributed by atoms with Crippen molar-refractivity contribution in [2.24, 2.45) is 5.73 Å². The number of amidine groups is 1. The summed E-state index contributed by atoms with van der Waals surface area (Å²) in [5.41, 5.74) is 10.3. The van der Waals surface area contributed by atoms with Crippen molar-refractivity contribution in [3.05, 3.63) is 95.6 Å². The van der Waals surface area contributed by atoms with Gasteiger partial charge in [0.1, 0.15) is 5.84 Å². The van der Waals surface area contributed by atoms with Crippen LogP contribution in [0.3, 0.4) is 0 Å². The lowest BCUT2D eigenvalue weighted by Gasteiger charge is -2.08. The van der Waals surface area contributed by atoms with Crippen LogP contribution in [0, 0.1) is 5.41 Å². The van der Waals surface area contributed by atoms with Gasteiger partial charge in [0, 0.05) is 12.1 Å². The van der Waals surface area contributed by atoms with E-state index < -0.39 is 0 Å². The first kappa shape index (κ1) is 17.4. The van der Waals surface area contributed by atoms with Crippen LogP contribution >= 0.6 is 0 Å². The van der Waals surface area contributed by atoms with Gasteiger partial charge in [-0.2, -0.15) is 0 Å². The maximum absolute atomic E-state index is 12.2. The summed E-state index contributed by atoms with van der Waals surface area (Å²) < 4.78 is 0. The van der Waals surface area contributed by atoms with Crippen LogP contribution in [0.4, 0.5) is 0 Å². The molecule has 0 aliphatic rings. The topological polar surface area (TPSA) is 79.0 Å². The number of hydrogen-bond acceptors (Lipinski definition) is 2. The molecule has 0 aliphatic carbocycles. The fourth-order valence-corrected chi connectivity index (χ4v) is 2.74. The molecule has 26 heavy (non-hydrogen) atoms. The average Bonchev–Trinajstić information content (AvgIpc) is 2.67. The smallest absolute Gasteiger partial charge is 0.224 e. The minimum atomic E-state index is -0.0224. The van der Waals surface area contributed by atoms with E-state index in [1.54, 1.807) is 12.1 Å². The number of amides is 1. The van der Waals surface area contributed by atoms with Crippen molar-refractivity contribution in [1.82, 2.24) is 5.32 Å². The molecule has 0 heterocycles. The lowest BCUT2D eigenvalue weighted by molar-refractivity contribution is -0.120. The minimum absolute atomic E-state index is 0.0224. The summed E-state index contributed by atoms with van der Waals surface area (Å²) in [6.07, 6.45) is 0.339. The van der Waals surface area contributed by atoms with Gasteiger partial charge in [0.05, 0.1) is 6.42 Å². The zero-order valence-corrected chi connectivity index (χ0v) is 14.4. The first-order valence-corrected chi connectivity index (χ1v) is 8.46. The van der Waals surface area contributed by atoms with Crippen LogP contribution in [-0.4, -0.2) is 11.7 Å². The third-order valence-corrected chi connectivity index (χ3v) is 4.15. The normalized spacial score (nSPS) is 10.3. The van der Waals surface area contributed by atoms with Gasteiger partial charge in [0.15, 0.2) is 0 Å². The molecule has 0 saturated heterocycles. The summed E-state index contributed by atoms with van der Waals surface area (Å²) in [5.74, 6) is 0.0183. The Morgan fingerprint density at radius 1 is 0.846 bits per heavy atom. The van der Waals surface area contributed by atoms with Crippen molar-refractivity contribution >= 4 is 11.7 Å². The van der Waals surface area contributed by atoms with Crippen LogP contribution in [0.2, 0.25) is 0 Å². The Hall–Kier alpha value is -3.40. The Kier molecular flexibility index (Phi) is 5.44. The first-order chi connectivity index (χ1) is 12.6. The van der Waals surface area contributed by atoms with E-state index in [1.807, 2.05) is 48.5 Å². The molecular formula is C22H21N3O. The summed E-state index contributed by atoms with van der Waals surface area (Å²) in [6.45, 7) is 0.454. The standard InChI is InChI=1S/C22H21N3O/c23-22(24)19-11-9-16(10-12-19)15-25-21(26)14-17-5-4-8-20(13-17)18-6-2-1-3-7-18/h1-13H,14-15H2,(H3,23,24)(H,25,26). The molecule has 0 unspecified atom stereocenters. The second-order valence-electron chi connectivity index (χ2n) is 6.13. The van der Waals surface area contributed by atoms with E-state index in [-0.39, 0.29) is 11.7 Å². The number of rotatable bonds is 6. The maximum atomic E-state index is 12.2. The predicted octanol–water partition coefficient (Wildman–Crippen LogP) is 3.50. The highest BCUT2D eigenvalue weighted by atomic mass is 16.1. The Balaban J connectivity index is 1.59. The van der Waals surface area contributed by atoms with E-state index in [1.165, 1.54) is 0 Å². The van der Waals surface area contributed by atoms with Crippen LogP contribution in [0.1, 0.15) is 16.7 Å². The van der Waals surface area contributed by atoms with Gasteiger partial charge in [-0.15, -0.1) is 0 Å². The Morgan fingerprint density at radius 3 is 2.23 bits per heavy atom. The number of hydrogen-bond donors (Lipinski definition) is 3. The summed E-state index contributed by atoms with van der Waals surface area (Å²) in [5, 5.41) is 10.3. The zero-order valence-electron chi connectivity index (χ0n) is 14.4. The lowest BCUT2D eigenvalue weighted by atomic mass is 10.0. The Morgan fingerprint density at radius 2 is 1.54 bits per heavy atom. The average molecular weight is 343 g/mol. The molecule has 0 aliphatic heterocycles. The van der Waals surface area contributed by atoms with Crippen molar-refractivity contribution in [1.29, 1.82) is 5.41 Å². The molecule has 0 aromatic heterocycles.